The van der Waals surface area contributed by atoms with Gasteiger partial charge in [-0.05, 0) is 38.6 Å². The van der Waals surface area contributed by atoms with E-state index in [1.165, 1.54) is 19.3 Å². The Morgan fingerprint density at radius 3 is 2.47 bits per heavy atom. The molecule has 1 atom stereocenters. The molecule has 0 bridgehead atoms. The van der Waals surface area contributed by atoms with Crippen LogP contribution in [-0.4, -0.2) is 37.0 Å². The van der Waals surface area contributed by atoms with Crippen molar-refractivity contribution < 1.29 is 4.79 Å². The summed E-state index contributed by atoms with van der Waals surface area (Å²) in [6.45, 7) is 3.98. The predicted molar refractivity (Wildman–Crippen MR) is 63.3 cm³/mol. The molecule has 0 aromatic carbocycles. The number of carbonyl (C=O) groups is 1. The normalized spacial score (nSPS) is 26.9. The zero-order valence-electron chi connectivity index (χ0n) is 9.21. The van der Waals surface area contributed by atoms with Crippen molar-refractivity contribution in [1.82, 2.24) is 10.2 Å². The lowest BCUT2D eigenvalue weighted by atomic mass is 9.97. The number of likely N-dealkylation sites (tertiary alicyclic amines) is 1. The van der Waals surface area contributed by atoms with E-state index < -0.39 is 0 Å². The molecule has 2 aliphatic heterocycles. The summed E-state index contributed by atoms with van der Waals surface area (Å²) in [6.07, 6.45) is 5.94. The van der Waals surface area contributed by atoms with E-state index in [1.807, 2.05) is 0 Å². The summed E-state index contributed by atoms with van der Waals surface area (Å²) < 4.78 is 0. The maximum absolute atomic E-state index is 12.0. The fraction of sp³-hybridized carbons (Fsp3) is 0.909. The van der Waals surface area contributed by atoms with E-state index in [0.717, 1.165) is 39.0 Å². The Morgan fingerprint density at radius 2 is 1.87 bits per heavy atom. The van der Waals surface area contributed by atoms with Crippen LogP contribution < -0.4 is 5.32 Å². The molecular formula is C11H21ClN2O. The molecule has 88 valence electrons. The smallest absolute Gasteiger partial charge is 0.226 e. The molecule has 0 unspecified atom stereocenters. The zero-order chi connectivity index (χ0) is 9.80. The van der Waals surface area contributed by atoms with Crippen LogP contribution in [0.25, 0.3) is 0 Å². The van der Waals surface area contributed by atoms with E-state index in [1.54, 1.807) is 0 Å². The van der Waals surface area contributed by atoms with Gasteiger partial charge in [0.1, 0.15) is 0 Å². The summed E-state index contributed by atoms with van der Waals surface area (Å²) in [4.78, 5) is 14.1. The van der Waals surface area contributed by atoms with Gasteiger partial charge in [-0.25, -0.2) is 0 Å². The molecule has 0 aliphatic carbocycles. The third-order valence-corrected chi connectivity index (χ3v) is 3.31. The molecular weight excluding hydrogens is 212 g/mol. The van der Waals surface area contributed by atoms with Gasteiger partial charge in [-0.1, -0.05) is 0 Å². The van der Waals surface area contributed by atoms with E-state index >= 15 is 0 Å². The molecule has 1 amide bonds. The van der Waals surface area contributed by atoms with Crippen molar-refractivity contribution in [2.75, 3.05) is 26.2 Å². The fourth-order valence-electron chi connectivity index (χ4n) is 2.44. The highest BCUT2D eigenvalue weighted by atomic mass is 35.5. The summed E-state index contributed by atoms with van der Waals surface area (Å²) >= 11 is 0. The van der Waals surface area contributed by atoms with Crippen LogP contribution >= 0.6 is 12.4 Å². The summed E-state index contributed by atoms with van der Waals surface area (Å²) in [5.41, 5.74) is 0. The second-order valence-electron chi connectivity index (χ2n) is 4.43. The highest BCUT2D eigenvalue weighted by molar-refractivity contribution is 5.85. The summed E-state index contributed by atoms with van der Waals surface area (Å²) in [6, 6.07) is 0. The van der Waals surface area contributed by atoms with E-state index in [4.69, 9.17) is 0 Å². The molecule has 0 saturated carbocycles. The Morgan fingerprint density at radius 1 is 1.13 bits per heavy atom. The van der Waals surface area contributed by atoms with Gasteiger partial charge in [0, 0.05) is 19.6 Å². The van der Waals surface area contributed by atoms with Crippen molar-refractivity contribution in [1.29, 1.82) is 0 Å². The third-order valence-electron chi connectivity index (χ3n) is 3.31. The average molecular weight is 233 g/mol. The summed E-state index contributed by atoms with van der Waals surface area (Å²) in [5, 5.41) is 3.31. The van der Waals surface area contributed by atoms with E-state index in [-0.39, 0.29) is 18.3 Å². The zero-order valence-corrected chi connectivity index (χ0v) is 10.0. The second-order valence-corrected chi connectivity index (χ2v) is 4.43. The molecule has 0 radical (unpaired) electrons. The van der Waals surface area contributed by atoms with Crippen LogP contribution in [0.2, 0.25) is 0 Å². The van der Waals surface area contributed by atoms with Crippen LogP contribution in [-0.2, 0) is 4.79 Å². The van der Waals surface area contributed by atoms with Crippen LogP contribution in [0.4, 0.5) is 0 Å². The van der Waals surface area contributed by atoms with Crippen molar-refractivity contribution in [3.05, 3.63) is 0 Å². The van der Waals surface area contributed by atoms with Gasteiger partial charge in [-0.2, -0.15) is 0 Å². The Labute approximate surface area is 98.0 Å². The third kappa shape index (κ3) is 3.35. The number of piperidine rings is 2. The van der Waals surface area contributed by atoms with Gasteiger partial charge < -0.3 is 10.2 Å². The first-order chi connectivity index (χ1) is 6.88. The Kier molecular flexibility index (Phi) is 5.40. The summed E-state index contributed by atoms with van der Waals surface area (Å²) in [5.74, 6) is 0.666. The topological polar surface area (TPSA) is 32.3 Å². The number of hydrogen-bond donors (Lipinski definition) is 1. The largest absolute Gasteiger partial charge is 0.342 e. The lowest BCUT2D eigenvalue weighted by molar-refractivity contribution is -0.136. The fourth-order valence-corrected chi connectivity index (χ4v) is 2.44. The Hall–Kier alpha value is -0.280. The van der Waals surface area contributed by atoms with Crippen molar-refractivity contribution in [2.24, 2.45) is 5.92 Å². The lowest BCUT2D eigenvalue weighted by Crippen LogP contribution is -2.44. The second kappa shape index (κ2) is 6.33. The van der Waals surface area contributed by atoms with Gasteiger partial charge in [-0.3, -0.25) is 4.79 Å². The molecule has 4 heteroatoms. The molecule has 2 fully saturated rings. The maximum atomic E-state index is 12.0. The molecule has 2 rings (SSSR count). The number of nitrogens with zero attached hydrogens (tertiary/aromatic N) is 1. The minimum absolute atomic E-state index is 0. The van der Waals surface area contributed by atoms with Crippen molar-refractivity contribution in [3.8, 4) is 0 Å². The van der Waals surface area contributed by atoms with Crippen LogP contribution in [0, 0.1) is 5.92 Å². The first kappa shape index (κ1) is 12.8. The molecule has 2 saturated heterocycles. The lowest BCUT2D eigenvalue weighted by Gasteiger charge is -2.32. The molecule has 0 aromatic heterocycles. The van der Waals surface area contributed by atoms with E-state index in [0.29, 0.717) is 5.91 Å². The predicted octanol–water partition coefficient (Wildman–Crippen LogP) is 1.42. The van der Waals surface area contributed by atoms with E-state index in [2.05, 4.69) is 10.2 Å². The quantitative estimate of drug-likeness (QED) is 0.742. The molecule has 3 nitrogen and oxygen atoms in total. The minimum Gasteiger partial charge on any atom is -0.342 e. The highest BCUT2D eigenvalue weighted by Crippen LogP contribution is 2.17. The first-order valence-electron chi connectivity index (χ1n) is 5.87. The van der Waals surface area contributed by atoms with Gasteiger partial charge in [-0.15, -0.1) is 12.4 Å². The summed E-state index contributed by atoms with van der Waals surface area (Å²) in [7, 11) is 0. The molecule has 2 aliphatic rings. The van der Waals surface area contributed by atoms with Gasteiger partial charge in [0.15, 0.2) is 0 Å². The molecule has 1 N–H and O–H groups in total. The Balaban J connectivity index is 0.00000112. The van der Waals surface area contributed by atoms with Crippen LogP contribution in [0.5, 0.6) is 0 Å². The van der Waals surface area contributed by atoms with Crippen molar-refractivity contribution >= 4 is 18.3 Å². The van der Waals surface area contributed by atoms with Crippen molar-refractivity contribution in [3.63, 3.8) is 0 Å². The van der Waals surface area contributed by atoms with Gasteiger partial charge in [0.25, 0.3) is 0 Å². The number of amides is 1. The molecule has 0 spiro atoms. The molecule has 2 heterocycles. The van der Waals surface area contributed by atoms with Crippen LogP contribution in [0.15, 0.2) is 0 Å². The average Bonchev–Trinajstić information content (AvgIpc) is 2.30. The maximum Gasteiger partial charge on any atom is 0.226 e. The van der Waals surface area contributed by atoms with Gasteiger partial charge >= 0.3 is 0 Å². The number of halogens is 1. The van der Waals surface area contributed by atoms with Gasteiger partial charge in [0.05, 0.1) is 5.92 Å². The van der Waals surface area contributed by atoms with E-state index in [9.17, 15) is 4.79 Å². The van der Waals surface area contributed by atoms with Crippen molar-refractivity contribution in [2.45, 2.75) is 32.1 Å². The van der Waals surface area contributed by atoms with Crippen LogP contribution in [0.3, 0.4) is 0 Å². The number of hydrogen-bond acceptors (Lipinski definition) is 2. The minimum atomic E-state index is 0. The number of carbonyl (C=O) groups excluding carboxylic acids is 1. The number of rotatable bonds is 1. The first-order valence-corrected chi connectivity index (χ1v) is 5.87. The monoisotopic (exact) mass is 232 g/mol. The molecule has 0 aromatic rings. The Bertz CT molecular complexity index is 179. The molecule has 15 heavy (non-hydrogen) atoms. The van der Waals surface area contributed by atoms with Crippen LogP contribution in [0.1, 0.15) is 32.1 Å². The number of nitrogens with one attached hydrogen (secondary N) is 1. The van der Waals surface area contributed by atoms with Gasteiger partial charge in [0.2, 0.25) is 5.91 Å². The highest BCUT2D eigenvalue weighted by Gasteiger charge is 2.26. The SMILES string of the molecule is Cl.O=C([C@H]1CCCNC1)N1CCCCC1. The standard InChI is InChI=1S/C11H20N2O.ClH/c14-11(10-5-4-6-12-9-10)13-7-2-1-3-8-13;/h10,12H,1-9H2;1H/t10-;/m0./s1.